The van der Waals surface area contributed by atoms with Gasteiger partial charge in [-0.15, -0.1) is 5.10 Å². The normalized spacial score (nSPS) is 13.6. The van der Waals surface area contributed by atoms with Gasteiger partial charge in [-0.2, -0.15) is 5.26 Å². The molecule has 0 atom stereocenters. The van der Waals surface area contributed by atoms with Gasteiger partial charge in [-0.3, -0.25) is 4.79 Å². The first-order valence-electron chi connectivity index (χ1n) is 14.2. The van der Waals surface area contributed by atoms with E-state index in [1.165, 1.54) is 6.42 Å². The molecule has 4 aromatic rings. The van der Waals surface area contributed by atoms with Crippen LogP contribution in [0.3, 0.4) is 0 Å². The molecular weight excluding hydrogens is 517 g/mol. The lowest BCUT2D eigenvalue weighted by atomic mass is 9.92. The molecule has 1 aromatic heterocycles. The summed E-state index contributed by atoms with van der Waals surface area (Å²) in [6.07, 6.45) is 5.69. The number of carbonyl (C=O) groups excluding carboxylic acids is 1. The van der Waals surface area contributed by atoms with Crippen molar-refractivity contribution in [2.45, 2.75) is 58.4 Å². The zero-order valence-electron chi connectivity index (χ0n) is 23.4. The number of benzene rings is 3. The maximum atomic E-state index is 16.1. The Morgan fingerprint density at radius 2 is 1.80 bits per heavy atom. The van der Waals surface area contributed by atoms with Crippen LogP contribution in [0.5, 0.6) is 0 Å². The number of hydrogen-bond acceptors (Lipinski definition) is 6. The number of amides is 1. The third kappa shape index (κ3) is 6.60. The summed E-state index contributed by atoms with van der Waals surface area (Å²) in [7, 11) is 0. The number of hydrogen-bond donors (Lipinski definition) is 2. The van der Waals surface area contributed by atoms with Crippen LogP contribution in [-0.4, -0.2) is 39.1 Å². The summed E-state index contributed by atoms with van der Waals surface area (Å²) in [5.74, 6) is 0.185. The van der Waals surface area contributed by atoms with Crippen molar-refractivity contribution in [3.05, 3.63) is 77.6 Å². The maximum Gasteiger partial charge on any atom is 0.228 e. The van der Waals surface area contributed by atoms with Gasteiger partial charge in [0.1, 0.15) is 5.82 Å². The van der Waals surface area contributed by atoms with Crippen LogP contribution >= 0.6 is 0 Å². The summed E-state index contributed by atoms with van der Waals surface area (Å²) >= 11 is 0. The molecule has 5 rings (SSSR count). The number of nitriles is 1. The number of nitrogens with one attached hydrogen (secondary N) is 2. The third-order valence-electron chi connectivity index (χ3n) is 7.51. The minimum absolute atomic E-state index is 0.131. The van der Waals surface area contributed by atoms with E-state index in [9.17, 15) is 4.79 Å². The Kier molecular flexibility index (Phi) is 8.68. The van der Waals surface area contributed by atoms with Crippen LogP contribution in [0.15, 0.2) is 60.7 Å². The Balaban J connectivity index is 1.57. The standard InChI is InChI=1S/C32H34FN7O/c1-21(2)20-40(24-8-4-3-5-9-24)30-18-28(33)27(25-10-6-7-11-26(25)32-36-38-39-37-32)17-29(30)35-31(41)16-22-12-14-23(19-34)15-13-22/h6-7,10-15,17-18,21,24H,3-5,8-9,16,20H2,1-2H3,(H,35,41)(H,36,37,38,39). The van der Waals surface area contributed by atoms with E-state index < -0.39 is 0 Å². The quantitative estimate of drug-likeness (QED) is 0.245. The van der Waals surface area contributed by atoms with E-state index in [1.54, 1.807) is 36.4 Å². The Labute approximate surface area is 239 Å². The number of tetrazole rings is 1. The lowest BCUT2D eigenvalue weighted by Crippen LogP contribution is -2.40. The number of halogens is 1. The molecular formula is C32H34FN7O. The first-order chi connectivity index (χ1) is 19.9. The van der Waals surface area contributed by atoms with Gasteiger partial charge in [0.15, 0.2) is 5.82 Å². The molecule has 1 amide bonds. The smallest absolute Gasteiger partial charge is 0.228 e. The number of aromatic nitrogens is 4. The average molecular weight is 552 g/mol. The fourth-order valence-corrected chi connectivity index (χ4v) is 5.61. The highest BCUT2D eigenvalue weighted by Gasteiger charge is 2.27. The molecule has 1 heterocycles. The predicted octanol–water partition coefficient (Wildman–Crippen LogP) is 6.52. The molecule has 41 heavy (non-hydrogen) atoms. The zero-order chi connectivity index (χ0) is 28.8. The first kappa shape index (κ1) is 28.0. The van der Waals surface area contributed by atoms with Gasteiger partial charge >= 0.3 is 0 Å². The summed E-state index contributed by atoms with van der Waals surface area (Å²) in [6, 6.07) is 20.0. The minimum atomic E-state index is -0.380. The topological polar surface area (TPSA) is 111 Å². The van der Waals surface area contributed by atoms with Crippen LogP contribution in [0.1, 0.15) is 57.1 Å². The summed E-state index contributed by atoms with van der Waals surface area (Å²) in [5.41, 5.74) is 4.21. The highest BCUT2D eigenvalue weighted by molar-refractivity contribution is 5.97. The molecule has 0 aliphatic heterocycles. The second kappa shape index (κ2) is 12.7. The second-order valence-corrected chi connectivity index (χ2v) is 11.0. The highest BCUT2D eigenvalue weighted by Crippen LogP contribution is 2.40. The van der Waals surface area contributed by atoms with Crippen LogP contribution in [0, 0.1) is 23.1 Å². The van der Waals surface area contributed by atoms with Crippen molar-refractivity contribution >= 4 is 17.3 Å². The number of anilines is 2. The van der Waals surface area contributed by atoms with Crippen LogP contribution < -0.4 is 10.2 Å². The van der Waals surface area contributed by atoms with Crippen molar-refractivity contribution in [2.75, 3.05) is 16.8 Å². The van der Waals surface area contributed by atoms with Gasteiger partial charge in [0, 0.05) is 23.7 Å². The van der Waals surface area contributed by atoms with Crippen LogP contribution in [0.25, 0.3) is 22.5 Å². The lowest BCUT2D eigenvalue weighted by Gasteiger charge is -2.38. The molecule has 3 aromatic carbocycles. The number of H-pyrrole nitrogens is 1. The summed E-state index contributed by atoms with van der Waals surface area (Å²) in [6.45, 7) is 5.07. The van der Waals surface area contributed by atoms with Gasteiger partial charge in [0.2, 0.25) is 5.91 Å². The number of carbonyl (C=O) groups is 1. The first-order valence-corrected chi connectivity index (χ1v) is 14.2. The zero-order valence-corrected chi connectivity index (χ0v) is 23.4. The molecule has 1 fully saturated rings. The van der Waals surface area contributed by atoms with Gasteiger partial charge in [0.05, 0.1) is 29.4 Å². The van der Waals surface area contributed by atoms with Crippen molar-refractivity contribution in [3.63, 3.8) is 0 Å². The molecule has 1 aliphatic rings. The Morgan fingerprint density at radius 3 is 2.46 bits per heavy atom. The average Bonchev–Trinajstić information content (AvgIpc) is 3.53. The monoisotopic (exact) mass is 551 g/mol. The maximum absolute atomic E-state index is 16.1. The van der Waals surface area contributed by atoms with Gasteiger partial charge in [-0.05, 0) is 64.6 Å². The molecule has 8 nitrogen and oxygen atoms in total. The van der Waals surface area contributed by atoms with Gasteiger partial charge in [-0.1, -0.05) is 69.5 Å². The van der Waals surface area contributed by atoms with E-state index in [-0.39, 0.29) is 24.2 Å². The molecule has 1 saturated carbocycles. The van der Waals surface area contributed by atoms with Crippen molar-refractivity contribution < 1.29 is 9.18 Å². The van der Waals surface area contributed by atoms with Crippen molar-refractivity contribution in [1.82, 2.24) is 20.6 Å². The lowest BCUT2D eigenvalue weighted by molar-refractivity contribution is -0.115. The van der Waals surface area contributed by atoms with E-state index >= 15 is 4.39 Å². The van der Waals surface area contributed by atoms with Crippen molar-refractivity contribution in [1.29, 1.82) is 5.26 Å². The molecule has 9 heteroatoms. The van der Waals surface area contributed by atoms with E-state index in [0.29, 0.717) is 45.4 Å². The molecule has 0 radical (unpaired) electrons. The Bertz CT molecular complexity index is 1520. The van der Waals surface area contributed by atoms with E-state index in [0.717, 1.165) is 37.8 Å². The minimum Gasteiger partial charge on any atom is -0.367 e. The fourth-order valence-electron chi connectivity index (χ4n) is 5.61. The number of nitrogens with zero attached hydrogens (tertiary/aromatic N) is 5. The molecule has 0 unspecified atom stereocenters. The van der Waals surface area contributed by atoms with Crippen LogP contribution in [0.4, 0.5) is 15.8 Å². The van der Waals surface area contributed by atoms with Crippen molar-refractivity contribution in [2.24, 2.45) is 5.92 Å². The van der Waals surface area contributed by atoms with Gasteiger partial charge < -0.3 is 10.2 Å². The van der Waals surface area contributed by atoms with Crippen LogP contribution in [0.2, 0.25) is 0 Å². The molecule has 210 valence electrons. The highest BCUT2D eigenvalue weighted by atomic mass is 19.1. The molecule has 0 saturated heterocycles. The SMILES string of the molecule is CC(C)CN(c1cc(F)c(-c2ccccc2-c2nnn[nH]2)cc1NC(=O)Cc1ccc(C#N)cc1)C1CCCCC1. The number of aromatic amines is 1. The molecule has 0 spiro atoms. The van der Waals surface area contributed by atoms with E-state index in [2.05, 4.69) is 50.8 Å². The number of rotatable bonds is 9. The van der Waals surface area contributed by atoms with E-state index in [4.69, 9.17) is 5.26 Å². The van der Waals surface area contributed by atoms with Crippen molar-refractivity contribution in [3.8, 4) is 28.6 Å². The van der Waals surface area contributed by atoms with Crippen LogP contribution in [-0.2, 0) is 11.2 Å². The third-order valence-corrected chi connectivity index (χ3v) is 7.51. The summed E-state index contributed by atoms with van der Waals surface area (Å²) in [4.78, 5) is 15.7. The Hall–Kier alpha value is -4.58. The Morgan fingerprint density at radius 1 is 1.07 bits per heavy atom. The van der Waals surface area contributed by atoms with E-state index in [1.807, 2.05) is 24.3 Å². The van der Waals surface area contributed by atoms with Gasteiger partial charge in [-0.25, -0.2) is 9.49 Å². The summed E-state index contributed by atoms with van der Waals surface area (Å²) < 4.78 is 16.1. The molecule has 0 bridgehead atoms. The second-order valence-electron chi connectivity index (χ2n) is 11.0. The predicted molar refractivity (Wildman–Crippen MR) is 158 cm³/mol. The molecule has 2 N–H and O–H groups in total. The fraction of sp³-hybridized carbons (Fsp3) is 0.344. The van der Waals surface area contributed by atoms with Gasteiger partial charge in [0.25, 0.3) is 0 Å². The molecule has 1 aliphatic carbocycles. The summed E-state index contributed by atoms with van der Waals surface area (Å²) in [5, 5.41) is 26.4. The largest absolute Gasteiger partial charge is 0.367 e.